The molecule has 0 saturated carbocycles. The zero-order valence-electron chi connectivity index (χ0n) is 24.8. The molecule has 0 spiro atoms. The third-order valence-electron chi connectivity index (χ3n) is 6.01. The Morgan fingerprint density at radius 1 is 0.973 bits per heavy atom. The average Bonchev–Trinajstić information content (AvgIpc) is 2.98. The number of hydrogen-bond donors (Lipinski definition) is 3. The first-order valence-electron chi connectivity index (χ1n) is 14.1. The van der Waals surface area contributed by atoms with E-state index in [1.54, 1.807) is 12.4 Å². The Hall–Kier alpha value is -2.60. The van der Waals surface area contributed by atoms with E-state index in [4.69, 9.17) is 0 Å². The first-order valence-corrected chi connectivity index (χ1v) is 14.1. The molecule has 3 rings (SSSR count). The number of pyridine rings is 2. The van der Waals surface area contributed by atoms with Crippen molar-refractivity contribution in [2.75, 3.05) is 19.6 Å². The van der Waals surface area contributed by atoms with Gasteiger partial charge in [0, 0.05) is 42.1 Å². The molecule has 0 aliphatic rings. The minimum Gasteiger partial charge on any atom is -0.383 e. The lowest BCUT2D eigenvalue weighted by atomic mass is 9.83. The highest BCUT2D eigenvalue weighted by molar-refractivity contribution is 5.82. The highest BCUT2D eigenvalue weighted by Gasteiger charge is 2.35. The smallest absolute Gasteiger partial charge is 0.106 e. The molecule has 2 unspecified atom stereocenters. The molecule has 1 aromatic carbocycles. The molecule has 3 aromatic rings. The van der Waals surface area contributed by atoms with Crippen molar-refractivity contribution in [3.63, 3.8) is 0 Å². The molecule has 0 bridgehead atoms. The molecule has 0 aliphatic heterocycles. The second-order valence-electron chi connectivity index (χ2n) is 8.05. The first-order chi connectivity index (χ1) is 18.0. The van der Waals surface area contributed by atoms with Crippen LogP contribution in [0, 0.1) is 0 Å². The van der Waals surface area contributed by atoms with Crippen LogP contribution >= 0.6 is 0 Å². The van der Waals surface area contributed by atoms with E-state index in [0.717, 1.165) is 37.1 Å². The molecule has 0 saturated heterocycles. The molecule has 206 valence electrons. The molecule has 5 heteroatoms. The number of hydrogen-bond acceptors (Lipinski definition) is 5. The second kappa shape index (κ2) is 20.5. The fourth-order valence-electron chi connectivity index (χ4n) is 4.04. The second-order valence-corrected chi connectivity index (χ2v) is 8.05. The summed E-state index contributed by atoms with van der Waals surface area (Å²) in [5.41, 5.74) is 3.62. The van der Waals surface area contributed by atoms with Crippen LogP contribution in [0.15, 0.2) is 67.1 Å². The van der Waals surface area contributed by atoms with Crippen molar-refractivity contribution >= 4 is 16.5 Å². The topological polar surface area (TPSA) is 70.1 Å². The van der Waals surface area contributed by atoms with Crippen molar-refractivity contribution < 1.29 is 5.11 Å². The highest BCUT2D eigenvalue weighted by Crippen LogP contribution is 2.29. The van der Waals surface area contributed by atoms with Crippen LogP contribution in [-0.2, 0) is 5.60 Å². The van der Waals surface area contributed by atoms with Gasteiger partial charge < -0.3 is 15.7 Å². The summed E-state index contributed by atoms with van der Waals surface area (Å²) in [6, 6.07) is 14.3. The Bertz CT molecular complexity index is 990. The summed E-state index contributed by atoms with van der Waals surface area (Å²) >= 11 is 0. The molecule has 0 fully saturated rings. The van der Waals surface area contributed by atoms with Crippen LogP contribution in [-0.4, -0.2) is 40.8 Å². The first kappa shape index (κ1) is 34.4. The third-order valence-corrected chi connectivity index (χ3v) is 6.01. The molecule has 37 heavy (non-hydrogen) atoms. The Kier molecular flexibility index (Phi) is 19.0. The predicted molar refractivity (Wildman–Crippen MR) is 163 cm³/mol. The standard InChI is InChI=1S/C15H18N2.C13H22N2O.2C2H6/c1-3-12(10-16-4-2)14-9-13-7-5-6-8-15(13)17-11-14;1-4-12(15-6-3)13(16,5-2)11-8-7-9-14-10-11;2*1-2/h3,5-9,11,16H,4,10H2,1-2H3;7-10,12,15-16H,4-6H2,1-3H3;2*1-2H3/b12-3+;;;. The molecule has 3 N–H and O–H groups in total. The van der Waals surface area contributed by atoms with Crippen LogP contribution < -0.4 is 10.6 Å². The van der Waals surface area contributed by atoms with Crippen LogP contribution in [0.1, 0.15) is 86.3 Å². The number of nitrogens with one attached hydrogen (secondary N) is 2. The van der Waals surface area contributed by atoms with E-state index in [9.17, 15) is 5.11 Å². The van der Waals surface area contributed by atoms with E-state index in [0.29, 0.717) is 6.42 Å². The van der Waals surface area contributed by atoms with Gasteiger partial charge in [-0.25, -0.2) is 0 Å². The average molecular weight is 509 g/mol. The Morgan fingerprint density at radius 2 is 1.68 bits per heavy atom. The SMILES string of the molecule is C/C=C(\CNCC)c1cnc2ccccc2c1.CC.CC.CCNC(CC)C(O)(CC)c1cccnc1. The van der Waals surface area contributed by atoms with Crippen molar-refractivity contribution in [3.05, 3.63) is 78.3 Å². The lowest BCUT2D eigenvalue weighted by Crippen LogP contribution is -2.48. The molecule has 0 radical (unpaired) electrons. The number of aromatic nitrogens is 2. The number of likely N-dealkylation sites (N-methyl/N-ethyl adjacent to an activating group) is 2. The Balaban J connectivity index is 0.000000619. The maximum absolute atomic E-state index is 10.8. The minimum absolute atomic E-state index is 0.0756. The van der Waals surface area contributed by atoms with E-state index < -0.39 is 5.60 Å². The molecule has 0 aliphatic carbocycles. The number of nitrogens with zero attached hydrogens (tertiary/aromatic N) is 2. The predicted octanol–water partition coefficient (Wildman–Crippen LogP) is 7.37. The molecule has 0 amide bonds. The molecule has 5 nitrogen and oxygen atoms in total. The quantitative estimate of drug-likeness (QED) is 0.267. The number of rotatable bonds is 10. The summed E-state index contributed by atoms with van der Waals surface area (Å²) in [6.07, 6.45) is 9.16. The van der Waals surface area contributed by atoms with Crippen molar-refractivity contribution in [1.29, 1.82) is 0 Å². The van der Waals surface area contributed by atoms with E-state index in [-0.39, 0.29) is 6.04 Å². The van der Waals surface area contributed by atoms with Crippen molar-refractivity contribution in [2.24, 2.45) is 0 Å². The van der Waals surface area contributed by atoms with Gasteiger partial charge in [-0.1, -0.05) is 85.7 Å². The summed E-state index contributed by atoms with van der Waals surface area (Å²) in [4.78, 5) is 8.58. The summed E-state index contributed by atoms with van der Waals surface area (Å²) in [7, 11) is 0. The van der Waals surface area contributed by atoms with Gasteiger partial charge in [0.2, 0.25) is 0 Å². The van der Waals surface area contributed by atoms with Crippen molar-refractivity contribution in [3.8, 4) is 0 Å². The zero-order valence-corrected chi connectivity index (χ0v) is 24.8. The maximum Gasteiger partial charge on any atom is 0.106 e. The van der Waals surface area contributed by atoms with E-state index in [1.807, 2.05) is 71.1 Å². The zero-order chi connectivity index (χ0) is 28.1. The van der Waals surface area contributed by atoms with Crippen molar-refractivity contribution in [2.45, 2.75) is 86.8 Å². The normalized spacial score (nSPS) is 13.1. The van der Waals surface area contributed by atoms with Gasteiger partial charge in [-0.05, 0) is 62.2 Å². The number of fused-ring (bicyclic) bond motifs is 1. The van der Waals surface area contributed by atoms with E-state index in [1.165, 1.54) is 16.5 Å². The Morgan fingerprint density at radius 3 is 2.22 bits per heavy atom. The van der Waals surface area contributed by atoms with Crippen LogP contribution in [0.4, 0.5) is 0 Å². The van der Waals surface area contributed by atoms with Crippen molar-refractivity contribution in [1.82, 2.24) is 20.6 Å². The van der Waals surface area contributed by atoms with Crippen LogP contribution in [0.5, 0.6) is 0 Å². The summed E-state index contributed by atoms with van der Waals surface area (Å²) in [6.45, 7) is 21.1. The van der Waals surface area contributed by atoms with Gasteiger partial charge in [0.25, 0.3) is 0 Å². The van der Waals surface area contributed by atoms with E-state index >= 15 is 0 Å². The van der Waals surface area contributed by atoms with Gasteiger partial charge in [-0.3, -0.25) is 9.97 Å². The summed E-state index contributed by atoms with van der Waals surface area (Å²) < 4.78 is 0. The monoisotopic (exact) mass is 508 g/mol. The summed E-state index contributed by atoms with van der Waals surface area (Å²) in [5.74, 6) is 0. The minimum atomic E-state index is -0.820. The lowest BCUT2D eigenvalue weighted by Gasteiger charge is -2.35. The molecular formula is C32H52N4O. The van der Waals surface area contributed by atoms with Crippen LogP contribution in [0.2, 0.25) is 0 Å². The van der Waals surface area contributed by atoms with Gasteiger partial charge in [-0.15, -0.1) is 0 Å². The fraction of sp³-hybridized carbons (Fsp3) is 0.500. The van der Waals surface area contributed by atoms with Gasteiger partial charge in [0.05, 0.1) is 5.52 Å². The third kappa shape index (κ3) is 10.7. The molecular weight excluding hydrogens is 456 g/mol. The fourth-order valence-corrected chi connectivity index (χ4v) is 4.04. The van der Waals surface area contributed by atoms with Crippen LogP contribution in [0.25, 0.3) is 16.5 Å². The molecule has 2 aromatic heterocycles. The number of benzene rings is 1. The molecule has 2 heterocycles. The van der Waals surface area contributed by atoms with Gasteiger partial charge in [-0.2, -0.15) is 0 Å². The largest absolute Gasteiger partial charge is 0.383 e. The molecule has 2 atom stereocenters. The maximum atomic E-state index is 10.8. The van der Waals surface area contributed by atoms with Gasteiger partial charge in [0.1, 0.15) is 5.60 Å². The van der Waals surface area contributed by atoms with Crippen LogP contribution in [0.3, 0.4) is 0 Å². The lowest BCUT2D eigenvalue weighted by molar-refractivity contribution is -0.00849. The van der Waals surface area contributed by atoms with Gasteiger partial charge >= 0.3 is 0 Å². The number of allylic oxidation sites excluding steroid dienone is 1. The highest BCUT2D eigenvalue weighted by atomic mass is 16.3. The van der Waals surface area contributed by atoms with Gasteiger partial charge in [0.15, 0.2) is 0 Å². The number of aliphatic hydroxyl groups is 1. The Labute approximate surface area is 226 Å². The van der Waals surface area contributed by atoms with E-state index in [2.05, 4.69) is 66.5 Å². The number of para-hydroxylation sites is 1. The summed E-state index contributed by atoms with van der Waals surface area (Å²) in [5, 5.41) is 18.7.